The highest BCUT2D eigenvalue weighted by molar-refractivity contribution is 6.62. The first-order valence-corrected chi connectivity index (χ1v) is 8.57. The van der Waals surface area contributed by atoms with Crippen LogP contribution in [-0.4, -0.2) is 23.3 Å². The molecule has 1 aliphatic heterocycles. The summed E-state index contributed by atoms with van der Waals surface area (Å²) in [7, 11) is -0.642. The van der Waals surface area contributed by atoms with Crippen LogP contribution in [0.2, 0.25) is 0 Å². The van der Waals surface area contributed by atoms with E-state index >= 15 is 0 Å². The lowest BCUT2D eigenvalue weighted by molar-refractivity contribution is 0.00578. The topological polar surface area (TPSA) is 40.6 Å². The predicted octanol–water partition coefficient (Wildman–Crippen LogP) is 4.56. The molecule has 0 amide bonds. The van der Waals surface area contributed by atoms with Gasteiger partial charge in [0.2, 0.25) is 0 Å². The van der Waals surface area contributed by atoms with Gasteiger partial charge in [0.15, 0.2) is 11.6 Å². The molecular formula is C19H21BF3NO3. The Kier molecular flexibility index (Phi) is 4.99. The number of hydrogen-bond donors (Lipinski definition) is 0. The van der Waals surface area contributed by atoms with Crippen LogP contribution >= 0.6 is 0 Å². The Hall–Kier alpha value is -2.06. The van der Waals surface area contributed by atoms with Crippen LogP contribution in [0.1, 0.15) is 45.2 Å². The summed E-state index contributed by atoms with van der Waals surface area (Å²) < 4.78 is 57.1. The summed E-state index contributed by atoms with van der Waals surface area (Å²) in [6.45, 7) is 9.54. The Morgan fingerprint density at radius 3 is 2.22 bits per heavy atom. The number of benzene rings is 1. The molecule has 0 saturated carbocycles. The number of ether oxygens (including phenoxy) is 1. The standard InChI is InChI=1S/C19H21BF3NO3/c1-11-13(20-26-18(2,3)19(4,5)27-20)9-24-10-16(11)25-15-7-6-12(17(22)23)8-14(15)21/h6-10,17H,1-5H3. The van der Waals surface area contributed by atoms with E-state index in [1.807, 2.05) is 27.7 Å². The van der Waals surface area contributed by atoms with Crippen LogP contribution in [0.5, 0.6) is 11.5 Å². The van der Waals surface area contributed by atoms with Gasteiger partial charge in [0.25, 0.3) is 6.43 Å². The van der Waals surface area contributed by atoms with Gasteiger partial charge in [0.1, 0.15) is 5.75 Å². The second kappa shape index (κ2) is 6.84. The Balaban J connectivity index is 1.89. The van der Waals surface area contributed by atoms with Gasteiger partial charge in [-0.15, -0.1) is 0 Å². The molecule has 0 radical (unpaired) electrons. The maximum absolute atomic E-state index is 14.1. The molecule has 1 aromatic heterocycles. The number of hydrogen-bond acceptors (Lipinski definition) is 4. The molecule has 0 spiro atoms. The average molecular weight is 379 g/mol. The van der Waals surface area contributed by atoms with Crippen LogP contribution in [-0.2, 0) is 9.31 Å². The number of halogens is 3. The van der Waals surface area contributed by atoms with E-state index in [4.69, 9.17) is 14.0 Å². The molecule has 4 nitrogen and oxygen atoms in total. The quantitative estimate of drug-likeness (QED) is 0.731. The van der Waals surface area contributed by atoms with Crippen LogP contribution in [0.15, 0.2) is 30.6 Å². The van der Waals surface area contributed by atoms with E-state index in [2.05, 4.69) is 4.98 Å². The smallest absolute Gasteiger partial charge is 0.452 e. The molecule has 144 valence electrons. The molecule has 0 bridgehead atoms. The summed E-state index contributed by atoms with van der Waals surface area (Å²) >= 11 is 0. The number of rotatable bonds is 4. The van der Waals surface area contributed by atoms with Gasteiger partial charge >= 0.3 is 7.12 Å². The molecule has 2 heterocycles. The van der Waals surface area contributed by atoms with Crippen molar-refractivity contribution in [3.05, 3.63) is 47.5 Å². The van der Waals surface area contributed by atoms with E-state index in [1.165, 1.54) is 12.3 Å². The zero-order valence-electron chi connectivity index (χ0n) is 15.8. The van der Waals surface area contributed by atoms with Gasteiger partial charge < -0.3 is 14.0 Å². The summed E-state index contributed by atoms with van der Waals surface area (Å²) in [5.41, 5.74) is -0.103. The maximum Gasteiger partial charge on any atom is 0.496 e. The van der Waals surface area contributed by atoms with Crippen molar-refractivity contribution < 1.29 is 27.2 Å². The SMILES string of the molecule is Cc1c(Oc2ccc(C(F)F)cc2F)cncc1B1OC(C)(C)C(C)(C)O1. The highest BCUT2D eigenvalue weighted by atomic mass is 19.3. The molecule has 27 heavy (non-hydrogen) atoms. The van der Waals surface area contributed by atoms with Crippen LogP contribution in [0, 0.1) is 12.7 Å². The Morgan fingerprint density at radius 2 is 1.67 bits per heavy atom. The zero-order chi connectivity index (χ0) is 20.0. The Bertz CT molecular complexity index is 842. The highest BCUT2D eigenvalue weighted by Gasteiger charge is 2.52. The third-order valence-electron chi connectivity index (χ3n) is 5.14. The monoisotopic (exact) mass is 379 g/mol. The third kappa shape index (κ3) is 3.68. The minimum absolute atomic E-state index is 0.157. The van der Waals surface area contributed by atoms with Gasteiger partial charge in [-0.25, -0.2) is 13.2 Å². The fourth-order valence-electron chi connectivity index (χ4n) is 2.69. The molecule has 0 N–H and O–H groups in total. The largest absolute Gasteiger partial charge is 0.496 e. The van der Waals surface area contributed by atoms with E-state index in [9.17, 15) is 13.2 Å². The van der Waals surface area contributed by atoms with E-state index < -0.39 is 36.1 Å². The van der Waals surface area contributed by atoms with Crippen molar-refractivity contribution in [3.8, 4) is 11.5 Å². The molecule has 1 aromatic carbocycles. The van der Waals surface area contributed by atoms with Crippen LogP contribution in [0.25, 0.3) is 0 Å². The van der Waals surface area contributed by atoms with Crippen molar-refractivity contribution in [1.82, 2.24) is 4.98 Å². The normalized spacial score (nSPS) is 18.2. The van der Waals surface area contributed by atoms with Gasteiger partial charge in [0, 0.05) is 17.2 Å². The van der Waals surface area contributed by atoms with Gasteiger partial charge in [-0.2, -0.15) is 0 Å². The molecule has 0 unspecified atom stereocenters. The lowest BCUT2D eigenvalue weighted by Gasteiger charge is -2.32. The lowest BCUT2D eigenvalue weighted by atomic mass is 9.77. The van der Waals surface area contributed by atoms with Crippen LogP contribution < -0.4 is 10.2 Å². The van der Waals surface area contributed by atoms with Gasteiger partial charge in [0.05, 0.1) is 17.4 Å². The molecule has 2 aromatic rings. The molecule has 0 atom stereocenters. The van der Waals surface area contributed by atoms with Gasteiger partial charge in [-0.3, -0.25) is 4.98 Å². The number of pyridine rings is 1. The van der Waals surface area contributed by atoms with Crippen molar-refractivity contribution in [3.63, 3.8) is 0 Å². The summed E-state index contributed by atoms with van der Waals surface area (Å²) in [4.78, 5) is 4.13. The first-order chi connectivity index (χ1) is 12.5. The molecule has 8 heteroatoms. The van der Waals surface area contributed by atoms with Crippen molar-refractivity contribution in [2.24, 2.45) is 0 Å². The lowest BCUT2D eigenvalue weighted by Crippen LogP contribution is -2.41. The summed E-state index contributed by atoms with van der Waals surface area (Å²) in [5.74, 6) is -0.727. The van der Waals surface area contributed by atoms with Gasteiger partial charge in [-0.05, 0) is 58.4 Å². The number of alkyl halides is 2. The van der Waals surface area contributed by atoms with Crippen molar-refractivity contribution in [1.29, 1.82) is 0 Å². The second-order valence-electron chi connectivity index (χ2n) is 7.53. The molecule has 1 fully saturated rings. The Morgan fingerprint density at radius 1 is 1.04 bits per heavy atom. The molecule has 1 saturated heterocycles. The van der Waals surface area contributed by atoms with Gasteiger partial charge in [-0.1, -0.05) is 0 Å². The second-order valence-corrected chi connectivity index (χ2v) is 7.53. The van der Waals surface area contributed by atoms with E-state index in [1.54, 1.807) is 13.1 Å². The van der Waals surface area contributed by atoms with E-state index in [0.29, 0.717) is 16.8 Å². The van der Waals surface area contributed by atoms with E-state index in [0.717, 1.165) is 12.1 Å². The molecule has 3 rings (SSSR count). The predicted molar refractivity (Wildman–Crippen MR) is 96.1 cm³/mol. The maximum atomic E-state index is 14.1. The Labute approximate surface area is 156 Å². The minimum atomic E-state index is -2.75. The molecular weight excluding hydrogens is 358 g/mol. The summed E-state index contributed by atoms with van der Waals surface area (Å²) in [5, 5.41) is 0. The minimum Gasteiger partial charge on any atom is -0.452 e. The van der Waals surface area contributed by atoms with E-state index in [-0.39, 0.29) is 5.75 Å². The van der Waals surface area contributed by atoms with Crippen molar-refractivity contribution in [2.75, 3.05) is 0 Å². The first-order valence-electron chi connectivity index (χ1n) is 8.57. The molecule has 1 aliphatic rings. The zero-order valence-corrected chi connectivity index (χ0v) is 15.8. The summed E-state index contributed by atoms with van der Waals surface area (Å²) in [6, 6.07) is 3.07. The highest BCUT2D eigenvalue weighted by Crippen LogP contribution is 2.37. The van der Waals surface area contributed by atoms with Crippen molar-refractivity contribution in [2.45, 2.75) is 52.2 Å². The van der Waals surface area contributed by atoms with Crippen LogP contribution in [0.4, 0.5) is 13.2 Å². The number of aromatic nitrogens is 1. The van der Waals surface area contributed by atoms with Crippen molar-refractivity contribution >= 4 is 12.6 Å². The first kappa shape index (κ1) is 19.7. The fraction of sp³-hybridized carbons (Fsp3) is 0.421. The van der Waals surface area contributed by atoms with Crippen LogP contribution in [0.3, 0.4) is 0 Å². The molecule has 0 aliphatic carbocycles. The number of nitrogens with zero attached hydrogens (tertiary/aromatic N) is 1. The summed E-state index contributed by atoms with van der Waals surface area (Å²) in [6.07, 6.45) is 0.300. The fourth-order valence-corrected chi connectivity index (χ4v) is 2.69. The average Bonchev–Trinajstić information content (AvgIpc) is 2.78. The third-order valence-corrected chi connectivity index (χ3v) is 5.14.